The highest BCUT2D eigenvalue weighted by Gasteiger charge is 2.25. The monoisotopic (exact) mass is 451 g/mol. The van der Waals surface area contributed by atoms with Crippen LogP contribution in [0, 0.1) is 0 Å². The van der Waals surface area contributed by atoms with Crippen molar-refractivity contribution < 1.29 is 19.0 Å². The van der Waals surface area contributed by atoms with Gasteiger partial charge in [0.1, 0.15) is 6.61 Å². The highest BCUT2D eigenvalue weighted by Crippen LogP contribution is 2.37. The van der Waals surface area contributed by atoms with Gasteiger partial charge in [-0.05, 0) is 48.9 Å². The molecule has 2 aromatic rings. The fourth-order valence-corrected chi connectivity index (χ4v) is 3.11. The standard InChI is InChI=1S/C21H16Cl3NO4/c1-3-7-28-19-16(24)8-12(10-18(19)27-4-2)9-17-21(26)29-20(25-17)13-5-6-14(22)15(23)11-13/h3,5-6,8-11H,1,4,7H2,2H3/b17-9-. The summed E-state index contributed by atoms with van der Waals surface area (Å²) in [4.78, 5) is 16.5. The molecular formula is C21H16Cl3NO4. The molecular weight excluding hydrogens is 437 g/mol. The Balaban J connectivity index is 1.96. The first kappa shape index (κ1) is 21.2. The van der Waals surface area contributed by atoms with Crippen molar-refractivity contribution in [1.29, 1.82) is 0 Å². The number of nitrogens with zero attached hydrogens (tertiary/aromatic N) is 1. The Hall–Kier alpha value is -2.47. The summed E-state index contributed by atoms with van der Waals surface area (Å²) in [5.41, 5.74) is 1.26. The number of carbonyl (C=O) groups excluding carboxylic acids is 1. The van der Waals surface area contributed by atoms with E-state index in [1.165, 1.54) is 0 Å². The van der Waals surface area contributed by atoms with E-state index >= 15 is 0 Å². The van der Waals surface area contributed by atoms with Crippen LogP contribution in [0.1, 0.15) is 18.1 Å². The molecule has 0 unspecified atom stereocenters. The lowest BCUT2D eigenvalue weighted by atomic mass is 10.1. The number of hydrogen-bond donors (Lipinski definition) is 0. The Bertz CT molecular complexity index is 1030. The van der Waals surface area contributed by atoms with E-state index in [1.807, 2.05) is 6.92 Å². The molecule has 0 aromatic heterocycles. The van der Waals surface area contributed by atoms with E-state index in [9.17, 15) is 4.79 Å². The van der Waals surface area contributed by atoms with Crippen LogP contribution < -0.4 is 9.47 Å². The first-order chi connectivity index (χ1) is 13.9. The molecule has 3 rings (SSSR count). The van der Waals surface area contributed by atoms with Gasteiger partial charge in [0, 0.05) is 5.56 Å². The SMILES string of the molecule is C=CCOc1c(Cl)cc(/C=C2\N=C(c3ccc(Cl)c(Cl)c3)OC2=O)cc1OCC. The number of ether oxygens (including phenoxy) is 3. The second-order valence-corrected chi connectivity index (χ2v) is 7.05. The molecule has 0 N–H and O–H groups in total. The van der Waals surface area contributed by atoms with E-state index in [0.717, 1.165) is 0 Å². The Morgan fingerprint density at radius 3 is 2.59 bits per heavy atom. The van der Waals surface area contributed by atoms with E-state index in [4.69, 9.17) is 49.0 Å². The van der Waals surface area contributed by atoms with Gasteiger partial charge in [0.2, 0.25) is 5.90 Å². The molecule has 1 aliphatic heterocycles. The zero-order chi connectivity index (χ0) is 21.0. The molecule has 5 nitrogen and oxygen atoms in total. The summed E-state index contributed by atoms with van der Waals surface area (Å²) in [6.45, 7) is 6.16. The minimum Gasteiger partial charge on any atom is -0.490 e. The maximum atomic E-state index is 12.3. The average Bonchev–Trinajstić information content (AvgIpc) is 3.04. The number of esters is 1. The normalized spacial score (nSPS) is 14.6. The van der Waals surface area contributed by atoms with Crippen LogP contribution in [0.4, 0.5) is 0 Å². The van der Waals surface area contributed by atoms with Crippen LogP contribution in [0.3, 0.4) is 0 Å². The highest BCUT2D eigenvalue weighted by molar-refractivity contribution is 6.42. The number of carbonyl (C=O) groups is 1. The molecule has 0 aliphatic carbocycles. The molecule has 0 saturated heterocycles. The molecule has 0 radical (unpaired) electrons. The fraction of sp³-hybridized carbons (Fsp3) is 0.143. The topological polar surface area (TPSA) is 57.1 Å². The molecule has 0 atom stereocenters. The largest absolute Gasteiger partial charge is 0.490 e. The zero-order valence-corrected chi connectivity index (χ0v) is 17.6. The van der Waals surface area contributed by atoms with Crippen LogP contribution in [0.25, 0.3) is 6.08 Å². The van der Waals surface area contributed by atoms with Gasteiger partial charge in [0.15, 0.2) is 17.2 Å². The fourth-order valence-electron chi connectivity index (χ4n) is 2.54. The van der Waals surface area contributed by atoms with Crippen LogP contribution in [0.2, 0.25) is 15.1 Å². The Kier molecular flexibility index (Phi) is 6.85. The van der Waals surface area contributed by atoms with Crippen LogP contribution in [-0.2, 0) is 9.53 Å². The van der Waals surface area contributed by atoms with Crippen molar-refractivity contribution in [1.82, 2.24) is 0 Å². The maximum Gasteiger partial charge on any atom is 0.363 e. The van der Waals surface area contributed by atoms with Gasteiger partial charge in [-0.3, -0.25) is 0 Å². The van der Waals surface area contributed by atoms with Gasteiger partial charge in [-0.15, -0.1) is 0 Å². The van der Waals surface area contributed by atoms with Gasteiger partial charge in [-0.2, -0.15) is 0 Å². The summed E-state index contributed by atoms with van der Waals surface area (Å²) >= 11 is 18.3. The van der Waals surface area contributed by atoms with Gasteiger partial charge < -0.3 is 14.2 Å². The van der Waals surface area contributed by atoms with Crippen molar-refractivity contribution in [2.24, 2.45) is 4.99 Å². The molecule has 1 heterocycles. The molecule has 2 aromatic carbocycles. The van der Waals surface area contributed by atoms with Crippen molar-refractivity contribution in [2.45, 2.75) is 6.92 Å². The third kappa shape index (κ3) is 4.93. The lowest BCUT2D eigenvalue weighted by molar-refractivity contribution is -0.129. The summed E-state index contributed by atoms with van der Waals surface area (Å²) < 4.78 is 16.4. The number of hydrogen-bond acceptors (Lipinski definition) is 5. The molecule has 8 heteroatoms. The summed E-state index contributed by atoms with van der Waals surface area (Å²) in [6, 6.07) is 8.21. The van der Waals surface area contributed by atoms with Gasteiger partial charge >= 0.3 is 5.97 Å². The molecule has 0 amide bonds. The minimum atomic E-state index is -0.591. The van der Waals surface area contributed by atoms with Crippen molar-refractivity contribution in [3.8, 4) is 11.5 Å². The summed E-state index contributed by atoms with van der Waals surface area (Å²) in [5.74, 6) is 0.410. The molecule has 0 bridgehead atoms. The van der Waals surface area contributed by atoms with E-state index < -0.39 is 5.97 Å². The van der Waals surface area contributed by atoms with Gasteiger partial charge in [0.25, 0.3) is 0 Å². The van der Waals surface area contributed by atoms with Crippen LogP contribution in [0.15, 0.2) is 53.7 Å². The Morgan fingerprint density at radius 1 is 1.10 bits per heavy atom. The predicted molar refractivity (Wildman–Crippen MR) is 115 cm³/mol. The van der Waals surface area contributed by atoms with Gasteiger partial charge in [-0.25, -0.2) is 9.79 Å². The molecule has 0 spiro atoms. The van der Waals surface area contributed by atoms with Crippen molar-refractivity contribution >= 4 is 52.7 Å². The van der Waals surface area contributed by atoms with Crippen LogP contribution >= 0.6 is 34.8 Å². The first-order valence-corrected chi connectivity index (χ1v) is 9.74. The number of halogens is 3. The van der Waals surface area contributed by atoms with Crippen LogP contribution in [-0.4, -0.2) is 25.1 Å². The molecule has 1 aliphatic rings. The second-order valence-electron chi connectivity index (χ2n) is 5.83. The van der Waals surface area contributed by atoms with E-state index in [0.29, 0.717) is 44.3 Å². The molecule has 29 heavy (non-hydrogen) atoms. The number of rotatable bonds is 7. The van der Waals surface area contributed by atoms with Gasteiger partial charge in [-0.1, -0.05) is 47.5 Å². The molecule has 0 fully saturated rings. The summed E-state index contributed by atoms with van der Waals surface area (Å²) in [6.07, 6.45) is 3.16. The predicted octanol–water partition coefficient (Wildman–Crippen LogP) is 5.95. The maximum absolute atomic E-state index is 12.3. The van der Waals surface area contributed by atoms with E-state index in [2.05, 4.69) is 11.6 Å². The summed E-state index contributed by atoms with van der Waals surface area (Å²) in [5, 5.41) is 1.07. The summed E-state index contributed by atoms with van der Waals surface area (Å²) in [7, 11) is 0. The number of aliphatic imine (C=N–C) groups is 1. The van der Waals surface area contributed by atoms with E-state index in [-0.39, 0.29) is 18.2 Å². The van der Waals surface area contributed by atoms with Crippen molar-refractivity contribution in [3.05, 3.63) is 74.9 Å². The quantitative estimate of drug-likeness (QED) is 0.296. The average molecular weight is 453 g/mol. The third-order valence-electron chi connectivity index (χ3n) is 3.77. The number of cyclic esters (lactones) is 1. The lowest BCUT2D eigenvalue weighted by Gasteiger charge is -2.13. The molecule has 0 saturated carbocycles. The van der Waals surface area contributed by atoms with E-state index in [1.54, 1.807) is 42.5 Å². The Labute approximate surface area is 183 Å². The third-order valence-corrected chi connectivity index (χ3v) is 4.79. The molecule has 150 valence electrons. The second kappa shape index (κ2) is 9.35. The van der Waals surface area contributed by atoms with Crippen molar-refractivity contribution in [2.75, 3.05) is 13.2 Å². The first-order valence-electron chi connectivity index (χ1n) is 8.61. The van der Waals surface area contributed by atoms with Gasteiger partial charge in [0.05, 0.1) is 21.7 Å². The highest BCUT2D eigenvalue weighted by atomic mass is 35.5. The smallest absolute Gasteiger partial charge is 0.363 e. The zero-order valence-electron chi connectivity index (χ0n) is 15.4. The lowest BCUT2D eigenvalue weighted by Crippen LogP contribution is -2.05. The van der Waals surface area contributed by atoms with Crippen molar-refractivity contribution in [3.63, 3.8) is 0 Å². The van der Waals surface area contributed by atoms with Crippen LogP contribution in [0.5, 0.6) is 11.5 Å². The number of benzene rings is 2. The Morgan fingerprint density at radius 2 is 1.90 bits per heavy atom. The minimum absolute atomic E-state index is 0.115.